The van der Waals surface area contributed by atoms with E-state index in [0.29, 0.717) is 12.2 Å². The van der Waals surface area contributed by atoms with E-state index in [9.17, 15) is 13.2 Å². The lowest BCUT2D eigenvalue weighted by atomic mass is 10.2. The Bertz CT molecular complexity index is 652. The summed E-state index contributed by atoms with van der Waals surface area (Å²) in [5.41, 5.74) is 0.701. The number of unbranched alkanes of at least 4 members (excludes halogenated alkanes) is 2. The van der Waals surface area contributed by atoms with E-state index in [1.165, 1.54) is 0 Å². The van der Waals surface area contributed by atoms with Gasteiger partial charge in [0.2, 0.25) is 11.9 Å². The summed E-state index contributed by atoms with van der Waals surface area (Å²) in [6.07, 6.45) is -1.47. The number of anilines is 3. The van der Waals surface area contributed by atoms with Crippen LogP contribution in [0, 0.1) is 0 Å². The number of ether oxygens (including phenoxy) is 1. The molecule has 2 N–H and O–H groups in total. The molecule has 0 aliphatic heterocycles. The highest BCUT2D eigenvalue weighted by atomic mass is 19.4. The lowest BCUT2D eigenvalue weighted by molar-refractivity contribution is -0.154. The maximum absolute atomic E-state index is 12.3. The highest BCUT2D eigenvalue weighted by Gasteiger charge is 2.29. The van der Waals surface area contributed by atoms with Crippen LogP contribution >= 0.6 is 0 Å². The van der Waals surface area contributed by atoms with Crippen LogP contribution in [0.5, 0.6) is 6.01 Å². The second-order valence-corrected chi connectivity index (χ2v) is 5.29. The molecule has 0 amide bonds. The van der Waals surface area contributed by atoms with Crippen LogP contribution in [-0.2, 0) is 0 Å². The van der Waals surface area contributed by atoms with Gasteiger partial charge in [0.05, 0.1) is 0 Å². The monoisotopic (exact) mass is 355 g/mol. The molecule has 0 bridgehead atoms. The molecule has 25 heavy (non-hydrogen) atoms. The van der Waals surface area contributed by atoms with E-state index in [0.717, 1.165) is 19.3 Å². The van der Waals surface area contributed by atoms with E-state index >= 15 is 0 Å². The molecule has 2 rings (SSSR count). The van der Waals surface area contributed by atoms with Gasteiger partial charge in [-0.15, -0.1) is 0 Å². The van der Waals surface area contributed by atoms with E-state index in [4.69, 9.17) is 0 Å². The fourth-order valence-electron chi connectivity index (χ4n) is 1.93. The molecule has 0 aliphatic rings. The smallest absolute Gasteiger partial charge is 0.422 e. The third kappa shape index (κ3) is 7.23. The standard InChI is InChI=1S/C16H20F3N5O/c1-2-3-7-10-20-13-22-14(21-12-8-5-4-6-9-12)24-15(23-13)25-11-16(17,18)19/h4-6,8-9H,2-3,7,10-11H2,1H3,(H2,20,21,22,23,24). The van der Waals surface area contributed by atoms with Crippen molar-refractivity contribution >= 4 is 17.6 Å². The number of alkyl halides is 3. The summed E-state index contributed by atoms with van der Waals surface area (Å²) in [7, 11) is 0. The minimum Gasteiger partial charge on any atom is -0.454 e. The summed E-state index contributed by atoms with van der Waals surface area (Å²) in [5.74, 6) is 0.276. The number of para-hydroxylation sites is 1. The molecular formula is C16H20F3N5O. The van der Waals surface area contributed by atoms with Crippen molar-refractivity contribution in [2.75, 3.05) is 23.8 Å². The first-order valence-corrected chi connectivity index (χ1v) is 7.98. The molecular weight excluding hydrogens is 335 g/mol. The lowest BCUT2D eigenvalue weighted by Gasteiger charge is -2.11. The van der Waals surface area contributed by atoms with Gasteiger partial charge in [0, 0.05) is 12.2 Å². The van der Waals surface area contributed by atoms with Crippen LogP contribution in [0.15, 0.2) is 30.3 Å². The van der Waals surface area contributed by atoms with Gasteiger partial charge in [0.1, 0.15) is 0 Å². The Morgan fingerprint density at radius 1 is 1.00 bits per heavy atom. The number of benzene rings is 1. The summed E-state index contributed by atoms with van der Waals surface area (Å²) in [6, 6.07) is 8.66. The summed E-state index contributed by atoms with van der Waals surface area (Å²) in [4.78, 5) is 11.9. The zero-order valence-corrected chi connectivity index (χ0v) is 13.8. The van der Waals surface area contributed by atoms with Crippen molar-refractivity contribution in [3.8, 4) is 6.01 Å². The van der Waals surface area contributed by atoms with Gasteiger partial charge in [0.25, 0.3) is 0 Å². The van der Waals surface area contributed by atoms with E-state index in [-0.39, 0.29) is 17.9 Å². The minimum atomic E-state index is -4.46. The van der Waals surface area contributed by atoms with Crippen LogP contribution in [0.3, 0.4) is 0 Å². The minimum absolute atomic E-state index is 0.108. The Labute approximate surface area is 143 Å². The number of nitrogens with zero attached hydrogens (tertiary/aromatic N) is 3. The molecule has 0 saturated heterocycles. The fourth-order valence-corrected chi connectivity index (χ4v) is 1.93. The summed E-state index contributed by atoms with van der Waals surface area (Å²) >= 11 is 0. The molecule has 0 spiro atoms. The summed E-state index contributed by atoms with van der Waals surface area (Å²) in [5, 5.41) is 5.90. The van der Waals surface area contributed by atoms with E-state index < -0.39 is 12.8 Å². The first kappa shape index (κ1) is 18.8. The van der Waals surface area contributed by atoms with Crippen LogP contribution < -0.4 is 15.4 Å². The van der Waals surface area contributed by atoms with Gasteiger partial charge in [-0.05, 0) is 18.6 Å². The predicted molar refractivity (Wildman–Crippen MR) is 89.1 cm³/mol. The maximum Gasteiger partial charge on any atom is 0.422 e. The molecule has 1 aromatic carbocycles. The second-order valence-electron chi connectivity index (χ2n) is 5.29. The number of hydrogen-bond donors (Lipinski definition) is 2. The van der Waals surface area contributed by atoms with Crippen molar-refractivity contribution < 1.29 is 17.9 Å². The molecule has 0 unspecified atom stereocenters. The van der Waals surface area contributed by atoms with E-state index in [2.05, 4.69) is 37.2 Å². The van der Waals surface area contributed by atoms with Crippen molar-refractivity contribution in [2.45, 2.75) is 32.4 Å². The maximum atomic E-state index is 12.3. The quantitative estimate of drug-likeness (QED) is 0.658. The van der Waals surface area contributed by atoms with Crippen LogP contribution in [0.1, 0.15) is 26.2 Å². The van der Waals surface area contributed by atoms with Gasteiger partial charge in [-0.1, -0.05) is 38.0 Å². The predicted octanol–water partition coefficient (Wildman–Crippen LogP) is 4.16. The Morgan fingerprint density at radius 2 is 1.72 bits per heavy atom. The van der Waals surface area contributed by atoms with Crippen LogP contribution in [-0.4, -0.2) is 34.3 Å². The highest BCUT2D eigenvalue weighted by molar-refractivity contribution is 5.53. The zero-order chi connectivity index (χ0) is 18.1. The third-order valence-electron chi connectivity index (χ3n) is 3.07. The average molecular weight is 355 g/mol. The van der Waals surface area contributed by atoms with Crippen molar-refractivity contribution in [1.29, 1.82) is 0 Å². The van der Waals surface area contributed by atoms with Crippen LogP contribution in [0.2, 0.25) is 0 Å². The molecule has 0 saturated carbocycles. The number of rotatable bonds is 9. The topological polar surface area (TPSA) is 72.0 Å². The third-order valence-corrected chi connectivity index (χ3v) is 3.07. The molecule has 0 fully saturated rings. The molecule has 0 atom stereocenters. The van der Waals surface area contributed by atoms with Crippen LogP contribution in [0.4, 0.5) is 30.8 Å². The number of hydrogen-bond acceptors (Lipinski definition) is 6. The largest absolute Gasteiger partial charge is 0.454 e. The number of aromatic nitrogens is 3. The molecule has 0 radical (unpaired) electrons. The van der Waals surface area contributed by atoms with E-state index in [1.807, 2.05) is 18.2 Å². The molecule has 1 aromatic heterocycles. The fraction of sp³-hybridized carbons (Fsp3) is 0.438. The van der Waals surface area contributed by atoms with Crippen molar-refractivity contribution in [2.24, 2.45) is 0 Å². The molecule has 2 aromatic rings. The van der Waals surface area contributed by atoms with Gasteiger partial charge in [-0.3, -0.25) is 0 Å². The average Bonchev–Trinajstić information content (AvgIpc) is 2.57. The number of halogens is 3. The Balaban J connectivity index is 2.12. The van der Waals surface area contributed by atoms with Crippen molar-refractivity contribution in [3.05, 3.63) is 30.3 Å². The van der Waals surface area contributed by atoms with Gasteiger partial charge in [-0.2, -0.15) is 28.1 Å². The Kier molecular flexibility index (Phi) is 6.79. The normalized spacial score (nSPS) is 11.2. The molecule has 0 aliphatic carbocycles. The van der Waals surface area contributed by atoms with Gasteiger partial charge in [0.15, 0.2) is 6.61 Å². The molecule has 6 nitrogen and oxygen atoms in total. The van der Waals surface area contributed by atoms with Crippen molar-refractivity contribution in [1.82, 2.24) is 15.0 Å². The SMILES string of the molecule is CCCCCNc1nc(Nc2ccccc2)nc(OCC(F)(F)F)n1. The first-order chi connectivity index (χ1) is 12.0. The number of nitrogens with one attached hydrogen (secondary N) is 2. The van der Waals surface area contributed by atoms with Gasteiger partial charge in [-0.25, -0.2) is 0 Å². The van der Waals surface area contributed by atoms with Gasteiger partial charge >= 0.3 is 12.2 Å². The van der Waals surface area contributed by atoms with E-state index in [1.54, 1.807) is 12.1 Å². The Morgan fingerprint density at radius 3 is 2.40 bits per heavy atom. The highest BCUT2D eigenvalue weighted by Crippen LogP contribution is 2.19. The lowest BCUT2D eigenvalue weighted by Crippen LogP contribution is -2.21. The summed E-state index contributed by atoms with van der Waals surface area (Å²) < 4.78 is 41.7. The summed E-state index contributed by atoms with van der Waals surface area (Å²) in [6.45, 7) is 1.23. The van der Waals surface area contributed by atoms with Crippen LogP contribution in [0.25, 0.3) is 0 Å². The molecule has 9 heteroatoms. The van der Waals surface area contributed by atoms with Gasteiger partial charge < -0.3 is 15.4 Å². The first-order valence-electron chi connectivity index (χ1n) is 7.98. The van der Waals surface area contributed by atoms with Crippen molar-refractivity contribution in [3.63, 3.8) is 0 Å². The zero-order valence-electron chi connectivity index (χ0n) is 13.8. The Hall–Kier alpha value is -2.58. The second kappa shape index (κ2) is 9.05. The molecule has 136 valence electrons. The molecule has 1 heterocycles.